The van der Waals surface area contributed by atoms with Gasteiger partial charge in [0, 0.05) is 6.54 Å². The first-order chi connectivity index (χ1) is 7.22. The maximum absolute atomic E-state index is 11.5. The van der Waals surface area contributed by atoms with Gasteiger partial charge < -0.3 is 15.4 Å². The summed E-state index contributed by atoms with van der Waals surface area (Å²) in [6.45, 7) is 2.77. The number of allylic oxidation sites excluding steroid dienone is 2. The van der Waals surface area contributed by atoms with Crippen molar-refractivity contribution in [1.29, 1.82) is 0 Å². The standard InChI is InChI=1S/C10H15N3O2/c1-2-15-10(14)7-6-13-8(11)4-3-5-9(13)12-7/h3-5,7,9,12H,2,6,11H2,1H3/t7-,9+/m0/s1. The van der Waals surface area contributed by atoms with Gasteiger partial charge in [-0.2, -0.15) is 0 Å². The number of fused-ring (bicyclic) bond motifs is 1. The van der Waals surface area contributed by atoms with Crippen LogP contribution in [0, 0.1) is 0 Å². The van der Waals surface area contributed by atoms with Crippen LogP contribution in [0.4, 0.5) is 0 Å². The molecule has 0 aromatic heterocycles. The average molecular weight is 209 g/mol. The molecular weight excluding hydrogens is 194 g/mol. The molecule has 1 saturated heterocycles. The van der Waals surface area contributed by atoms with E-state index in [0.717, 1.165) is 0 Å². The summed E-state index contributed by atoms with van der Waals surface area (Å²) in [7, 11) is 0. The Labute approximate surface area is 88.6 Å². The van der Waals surface area contributed by atoms with E-state index in [1.54, 1.807) is 6.92 Å². The van der Waals surface area contributed by atoms with E-state index in [4.69, 9.17) is 10.5 Å². The van der Waals surface area contributed by atoms with Crippen molar-refractivity contribution < 1.29 is 9.53 Å². The third-order valence-corrected chi connectivity index (χ3v) is 2.55. The van der Waals surface area contributed by atoms with Crippen LogP contribution in [-0.4, -0.2) is 36.2 Å². The lowest BCUT2D eigenvalue weighted by molar-refractivity contribution is -0.145. The summed E-state index contributed by atoms with van der Waals surface area (Å²) >= 11 is 0. The third kappa shape index (κ3) is 1.83. The fraction of sp³-hybridized carbons (Fsp3) is 0.500. The van der Waals surface area contributed by atoms with Crippen molar-refractivity contribution in [3.63, 3.8) is 0 Å². The predicted molar refractivity (Wildman–Crippen MR) is 55.5 cm³/mol. The van der Waals surface area contributed by atoms with Crippen LogP contribution in [0.3, 0.4) is 0 Å². The summed E-state index contributed by atoms with van der Waals surface area (Å²) < 4.78 is 4.95. The zero-order valence-corrected chi connectivity index (χ0v) is 8.64. The van der Waals surface area contributed by atoms with Gasteiger partial charge in [-0.1, -0.05) is 6.08 Å². The Balaban J connectivity index is 2.03. The Kier molecular flexibility index (Phi) is 2.64. The summed E-state index contributed by atoms with van der Waals surface area (Å²) in [5.74, 6) is 0.467. The average Bonchev–Trinajstić information content (AvgIpc) is 2.63. The maximum Gasteiger partial charge on any atom is 0.325 e. The lowest BCUT2D eigenvalue weighted by Crippen LogP contribution is -2.39. The Bertz CT molecular complexity index is 325. The highest BCUT2D eigenvalue weighted by molar-refractivity contribution is 5.76. The molecule has 5 heteroatoms. The van der Waals surface area contributed by atoms with Gasteiger partial charge >= 0.3 is 5.97 Å². The second kappa shape index (κ2) is 3.94. The minimum absolute atomic E-state index is 0.0180. The molecule has 0 bridgehead atoms. The van der Waals surface area contributed by atoms with Crippen LogP contribution in [-0.2, 0) is 9.53 Å². The number of carbonyl (C=O) groups is 1. The quantitative estimate of drug-likeness (QED) is 0.601. The van der Waals surface area contributed by atoms with E-state index in [1.807, 2.05) is 23.1 Å². The molecule has 0 spiro atoms. The van der Waals surface area contributed by atoms with Gasteiger partial charge in [-0.05, 0) is 19.1 Å². The topological polar surface area (TPSA) is 67.6 Å². The highest BCUT2D eigenvalue weighted by Crippen LogP contribution is 2.17. The van der Waals surface area contributed by atoms with Gasteiger partial charge in [-0.3, -0.25) is 10.1 Å². The number of ether oxygens (including phenoxy) is 1. The van der Waals surface area contributed by atoms with E-state index in [2.05, 4.69) is 5.32 Å². The molecule has 5 nitrogen and oxygen atoms in total. The summed E-state index contributed by atoms with van der Waals surface area (Å²) in [4.78, 5) is 13.4. The van der Waals surface area contributed by atoms with Gasteiger partial charge in [0.15, 0.2) is 0 Å². The van der Waals surface area contributed by atoms with Crippen molar-refractivity contribution in [2.45, 2.75) is 19.1 Å². The highest BCUT2D eigenvalue weighted by Gasteiger charge is 2.36. The molecule has 0 amide bonds. The first kappa shape index (κ1) is 10.0. The predicted octanol–water partition coefficient (Wildman–Crippen LogP) is -0.481. The Morgan fingerprint density at radius 1 is 1.80 bits per heavy atom. The van der Waals surface area contributed by atoms with Crippen molar-refractivity contribution in [2.24, 2.45) is 5.73 Å². The molecule has 0 aromatic rings. The molecule has 2 aliphatic rings. The lowest BCUT2D eigenvalue weighted by Gasteiger charge is -2.25. The van der Waals surface area contributed by atoms with Crippen LogP contribution >= 0.6 is 0 Å². The van der Waals surface area contributed by atoms with Crippen LogP contribution in [0.1, 0.15) is 6.92 Å². The first-order valence-electron chi connectivity index (χ1n) is 5.05. The number of nitrogens with one attached hydrogen (secondary N) is 1. The zero-order valence-electron chi connectivity index (χ0n) is 8.64. The third-order valence-electron chi connectivity index (χ3n) is 2.55. The second-order valence-corrected chi connectivity index (χ2v) is 3.54. The maximum atomic E-state index is 11.5. The van der Waals surface area contributed by atoms with Gasteiger partial charge in [0.1, 0.15) is 18.0 Å². The number of hydrogen-bond acceptors (Lipinski definition) is 5. The van der Waals surface area contributed by atoms with Crippen molar-refractivity contribution in [3.8, 4) is 0 Å². The number of hydrogen-bond donors (Lipinski definition) is 2. The van der Waals surface area contributed by atoms with Crippen molar-refractivity contribution in [2.75, 3.05) is 13.2 Å². The van der Waals surface area contributed by atoms with E-state index in [0.29, 0.717) is 19.0 Å². The van der Waals surface area contributed by atoms with Crippen molar-refractivity contribution in [3.05, 3.63) is 24.0 Å². The van der Waals surface area contributed by atoms with E-state index in [-0.39, 0.29) is 18.2 Å². The fourth-order valence-electron chi connectivity index (χ4n) is 1.83. The van der Waals surface area contributed by atoms with E-state index >= 15 is 0 Å². The normalized spacial score (nSPS) is 28.6. The van der Waals surface area contributed by atoms with Gasteiger partial charge in [0.25, 0.3) is 0 Å². The van der Waals surface area contributed by atoms with Crippen molar-refractivity contribution in [1.82, 2.24) is 10.2 Å². The Morgan fingerprint density at radius 3 is 3.27 bits per heavy atom. The fourth-order valence-corrected chi connectivity index (χ4v) is 1.83. The second-order valence-electron chi connectivity index (χ2n) is 3.54. The van der Waals surface area contributed by atoms with Gasteiger partial charge in [0.2, 0.25) is 0 Å². The van der Waals surface area contributed by atoms with Gasteiger partial charge in [-0.25, -0.2) is 0 Å². The molecule has 2 aliphatic heterocycles. The number of nitrogens with zero attached hydrogens (tertiary/aromatic N) is 1. The highest BCUT2D eigenvalue weighted by atomic mass is 16.5. The summed E-state index contributed by atoms with van der Waals surface area (Å²) in [6, 6.07) is -0.287. The number of esters is 1. The first-order valence-corrected chi connectivity index (χ1v) is 5.05. The van der Waals surface area contributed by atoms with E-state index in [1.165, 1.54) is 0 Å². The molecule has 82 valence electrons. The van der Waals surface area contributed by atoms with Crippen molar-refractivity contribution >= 4 is 5.97 Å². The van der Waals surface area contributed by atoms with Crippen LogP contribution in [0.2, 0.25) is 0 Å². The number of rotatable bonds is 2. The zero-order chi connectivity index (χ0) is 10.8. The van der Waals surface area contributed by atoms with Crippen LogP contribution in [0.15, 0.2) is 24.0 Å². The van der Waals surface area contributed by atoms with Crippen LogP contribution < -0.4 is 11.1 Å². The molecular formula is C10H15N3O2. The summed E-state index contributed by atoms with van der Waals surface area (Å²) in [6.07, 6.45) is 5.70. The van der Waals surface area contributed by atoms with Crippen LogP contribution in [0.25, 0.3) is 0 Å². The molecule has 0 radical (unpaired) electrons. The Morgan fingerprint density at radius 2 is 2.60 bits per heavy atom. The molecule has 3 N–H and O–H groups in total. The van der Waals surface area contributed by atoms with Crippen LogP contribution in [0.5, 0.6) is 0 Å². The van der Waals surface area contributed by atoms with E-state index < -0.39 is 0 Å². The summed E-state index contributed by atoms with van der Waals surface area (Å²) in [5, 5.41) is 3.15. The molecule has 2 heterocycles. The monoisotopic (exact) mass is 209 g/mol. The van der Waals surface area contributed by atoms with Gasteiger partial charge in [0.05, 0.1) is 6.61 Å². The molecule has 0 aromatic carbocycles. The molecule has 0 saturated carbocycles. The molecule has 0 unspecified atom stereocenters. The smallest absolute Gasteiger partial charge is 0.325 e. The van der Waals surface area contributed by atoms with E-state index in [9.17, 15) is 4.79 Å². The largest absolute Gasteiger partial charge is 0.465 e. The molecule has 1 fully saturated rings. The molecule has 2 rings (SSSR count). The molecule has 0 aliphatic carbocycles. The number of nitrogens with two attached hydrogens (primary N) is 1. The minimum Gasteiger partial charge on any atom is -0.465 e. The van der Waals surface area contributed by atoms with Gasteiger partial charge in [-0.15, -0.1) is 0 Å². The SMILES string of the molecule is CCOC(=O)[C@@H]1CN2C(N)=CC=C[C@@H]2N1. The molecule has 15 heavy (non-hydrogen) atoms. The summed E-state index contributed by atoms with van der Waals surface area (Å²) in [5.41, 5.74) is 5.80. The minimum atomic E-state index is -0.287. The number of carbonyl (C=O) groups excluding carboxylic acids is 1. The lowest BCUT2D eigenvalue weighted by atomic mass is 10.3. The Hall–Kier alpha value is -1.49. The molecule has 2 atom stereocenters.